The van der Waals surface area contributed by atoms with Gasteiger partial charge in [-0.3, -0.25) is 4.79 Å². The first-order valence-corrected chi connectivity index (χ1v) is 9.38. The molecule has 0 saturated heterocycles. The molecule has 1 atom stereocenters. The monoisotopic (exact) mass is 358 g/mol. The topological polar surface area (TPSA) is 46.5 Å². The van der Waals surface area contributed by atoms with E-state index in [1.165, 1.54) is 7.11 Å². The molecule has 3 nitrogen and oxygen atoms in total. The summed E-state index contributed by atoms with van der Waals surface area (Å²) in [5.74, 6) is -0.186. The van der Waals surface area contributed by atoms with E-state index >= 15 is 0 Å². The lowest BCUT2D eigenvalue weighted by molar-refractivity contribution is -0.140. The largest absolute Gasteiger partial charge is 0.469 e. The Kier molecular flexibility index (Phi) is 17.6. The van der Waals surface area contributed by atoms with Gasteiger partial charge in [-0.2, -0.15) is 0 Å². The first kappa shape index (κ1) is 23.9. The third kappa shape index (κ3) is 18.2. The molecule has 0 heterocycles. The highest BCUT2D eigenvalue weighted by molar-refractivity contribution is 5.69. The molecule has 0 aliphatic rings. The third-order valence-electron chi connectivity index (χ3n) is 3.42. The van der Waals surface area contributed by atoms with E-state index in [2.05, 4.69) is 42.0 Å². The molecule has 1 N–H and O–H groups in total. The summed E-state index contributed by atoms with van der Waals surface area (Å²) in [5, 5.41) is 9.84. The molecule has 0 fully saturated rings. The summed E-state index contributed by atoms with van der Waals surface area (Å²) >= 11 is 0. The van der Waals surface area contributed by atoms with Gasteiger partial charge in [0, 0.05) is 6.42 Å². The maximum Gasteiger partial charge on any atom is 0.305 e. The highest BCUT2D eigenvalue weighted by Crippen LogP contribution is 2.00. The average molecular weight is 359 g/mol. The first-order valence-electron chi connectivity index (χ1n) is 9.38. The van der Waals surface area contributed by atoms with Crippen LogP contribution in [0, 0.1) is 0 Å². The lowest BCUT2D eigenvalue weighted by Crippen LogP contribution is -1.98. The predicted octanol–water partition coefficient (Wildman–Crippen LogP) is 5.61. The maximum atomic E-state index is 10.9. The van der Waals surface area contributed by atoms with Gasteiger partial charge in [-0.15, -0.1) is 0 Å². The number of allylic oxidation sites excluding steroid dienone is 10. The van der Waals surface area contributed by atoms with Gasteiger partial charge in [0.15, 0.2) is 0 Å². The van der Waals surface area contributed by atoms with Crippen LogP contribution in [0.4, 0.5) is 0 Å². The Morgan fingerprint density at radius 3 is 2.19 bits per heavy atom. The van der Waals surface area contributed by atoms with Crippen LogP contribution < -0.4 is 0 Å². The van der Waals surface area contributed by atoms with Crippen LogP contribution in [0.2, 0.25) is 0 Å². The molecule has 0 aliphatic carbocycles. The molecule has 0 amide bonds. The molecular weight excluding hydrogens is 324 g/mol. The lowest BCUT2D eigenvalue weighted by Gasteiger charge is -1.98. The molecule has 0 rings (SSSR count). The number of esters is 1. The van der Waals surface area contributed by atoms with Gasteiger partial charge in [-0.05, 0) is 38.5 Å². The number of ether oxygens (including phenoxy) is 1. The zero-order chi connectivity index (χ0) is 19.3. The summed E-state index contributed by atoms with van der Waals surface area (Å²) < 4.78 is 4.57. The van der Waals surface area contributed by atoms with Crippen LogP contribution in [0.25, 0.3) is 0 Å². The van der Waals surface area contributed by atoms with Gasteiger partial charge in [-0.1, -0.05) is 79.8 Å². The molecule has 0 saturated carbocycles. The van der Waals surface area contributed by atoms with Crippen LogP contribution in [0.15, 0.2) is 72.9 Å². The quantitative estimate of drug-likeness (QED) is 0.249. The Hall–Kier alpha value is -2.13. The minimum Gasteiger partial charge on any atom is -0.469 e. The van der Waals surface area contributed by atoms with Crippen molar-refractivity contribution in [1.82, 2.24) is 0 Å². The molecule has 1 unspecified atom stereocenters. The van der Waals surface area contributed by atoms with Gasteiger partial charge in [-0.25, -0.2) is 0 Å². The van der Waals surface area contributed by atoms with Crippen LogP contribution in [0.1, 0.15) is 51.9 Å². The molecule has 0 aromatic rings. The van der Waals surface area contributed by atoms with Gasteiger partial charge in [0.1, 0.15) is 0 Å². The van der Waals surface area contributed by atoms with E-state index in [9.17, 15) is 9.90 Å². The van der Waals surface area contributed by atoms with Crippen LogP contribution in [-0.4, -0.2) is 24.3 Å². The predicted molar refractivity (Wildman–Crippen MR) is 111 cm³/mol. The van der Waals surface area contributed by atoms with E-state index in [1.807, 2.05) is 36.5 Å². The van der Waals surface area contributed by atoms with Crippen LogP contribution in [-0.2, 0) is 9.53 Å². The second-order valence-electron chi connectivity index (χ2n) is 5.73. The number of methoxy groups -OCH3 is 1. The van der Waals surface area contributed by atoms with E-state index in [0.717, 1.165) is 25.7 Å². The highest BCUT2D eigenvalue weighted by Gasteiger charge is 1.95. The standard InChI is InChI=1S/C23H34O3/c1-3-4-5-6-7-8-9-10-13-16-19-22(24)20-17-14-11-12-15-18-21-23(25)26-2/h4-5,7-8,10,12-17,19,22,24H,3,6,9,11,18,20-21H2,1-2H3/b5-4-,8-7-,13-10-,15-12-,17-14-,19-16+. The molecule has 0 spiro atoms. The molecule has 0 radical (unpaired) electrons. The van der Waals surface area contributed by atoms with E-state index in [0.29, 0.717) is 19.3 Å². The zero-order valence-electron chi connectivity index (χ0n) is 16.2. The fourth-order valence-corrected chi connectivity index (χ4v) is 1.97. The number of hydrogen-bond acceptors (Lipinski definition) is 3. The molecule has 0 aliphatic heterocycles. The summed E-state index contributed by atoms with van der Waals surface area (Å²) in [4.78, 5) is 10.9. The molecule has 0 bridgehead atoms. The minimum atomic E-state index is -0.464. The van der Waals surface area contributed by atoms with Crippen molar-refractivity contribution in [3.63, 3.8) is 0 Å². The fraction of sp³-hybridized carbons (Fsp3) is 0.435. The Labute approximate surface area is 159 Å². The number of hydrogen-bond donors (Lipinski definition) is 1. The SMILES string of the molecule is CC/C=C\C/C=C\C/C=C\C=C\C(O)C/C=C\C/C=C\CCC(=O)OC. The van der Waals surface area contributed by atoms with Crippen molar-refractivity contribution in [3.8, 4) is 0 Å². The molecule has 0 aromatic carbocycles. The summed E-state index contributed by atoms with van der Waals surface area (Å²) in [5.41, 5.74) is 0. The van der Waals surface area contributed by atoms with Crippen molar-refractivity contribution in [2.45, 2.75) is 58.0 Å². The van der Waals surface area contributed by atoms with Crippen LogP contribution in [0.5, 0.6) is 0 Å². The lowest BCUT2D eigenvalue weighted by atomic mass is 10.2. The number of aliphatic hydroxyl groups excluding tert-OH is 1. The Bertz CT molecular complexity index is 508. The third-order valence-corrected chi connectivity index (χ3v) is 3.42. The van der Waals surface area contributed by atoms with Crippen molar-refractivity contribution in [1.29, 1.82) is 0 Å². The Balaban J connectivity index is 3.73. The molecular formula is C23H34O3. The summed E-state index contributed by atoms with van der Waals surface area (Å²) in [6.07, 6.45) is 29.3. The van der Waals surface area contributed by atoms with E-state index < -0.39 is 6.10 Å². The highest BCUT2D eigenvalue weighted by atomic mass is 16.5. The summed E-state index contributed by atoms with van der Waals surface area (Å²) in [6.45, 7) is 2.13. The Morgan fingerprint density at radius 1 is 0.885 bits per heavy atom. The summed E-state index contributed by atoms with van der Waals surface area (Å²) in [7, 11) is 1.40. The number of rotatable bonds is 14. The molecule has 144 valence electrons. The first-order chi connectivity index (χ1) is 12.7. The van der Waals surface area contributed by atoms with E-state index in [-0.39, 0.29) is 5.97 Å². The van der Waals surface area contributed by atoms with E-state index in [4.69, 9.17) is 0 Å². The fourth-order valence-electron chi connectivity index (χ4n) is 1.97. The minimum absolute atomic E-state index is 0.186. The zero-order valence-corrected chi connectivity index (χ0v) is 16.2. The van der Waals surface area contributed by atoms with Gasteiger partial charge in [0.05, 0.1) is 13.2 Å². The van der Waals surface area contributed by atoms with Crippen molar-refractivity contribution in [3.05, 3.63) is 72.9 Å². The van der Waals surface area contributed by atoms with Gasteiger partial charge in [0.2, 0.25) is 0 Å². The molecule has 26 heavy (non-hydrogen) atoms. The van der Waals surface area contributed by atoms with Gasteiger partial charge < -0.3 is 9.84 Å². The summed E-state index contributed by atoms with van der Waals surface area (Å²) in [6, 6.07) is 0. The number of aliphatic hydroxyl groups is 1. The van der Waals surface area contributed by atoms with Crippen molar-refractivity contribution >= 4 is 5.97 Å². The van der Waals surface area contributed by atoms with E-state index in [1.54, 1.807) is 6.08 Å². The second-order valence-corrected chi connectivity index (χ2v) is 5.73. The average Bonchev–Trinajstić information content (AvgIpc) is 2.65. The number of carbonyl (C=O) groups is 1. The van der Waals surface area contributed by atoms with Crippen LogP contribution in [0.3, 0.4) is 0 Å². The van der Waals surface area contributed by atoms with Crippen molar-refractivity contribution < 1.29 is 14.6 Å². The molecule has 0 aromatic heterocycles. The second kappa shape index (κ2) is 19.2. The van der Waals surface area contributed by atoms with Crippen molar-refractivity contribution in [2.75, 3.05) is 7.11 Å². The number of carbonyl (C=O) groups excluding carboxylic acids is 1. The van der Waals surface area contributed by atoms with Crippen molar-refractivity contribution in [2.24, 2.45) is 0 Å². The smallest absolute Gasteiger partial charge is 0.305 e. The maximum absolute atomic E-state index is 10.9. The molecule has 3 heteroatoms. The normalized spacial score (nSPS) is 14.1. The van der Waals surface area contributed by atoms with Gasteiger partial charge in [0.25, 0.3) is 0 Å². The Morgan fingerprint density at radius 2 is 1.50 bits per heavy atom. The van der Waals surface area contributed by atoms with Crippen LogP contribution >= 0.6 is 0 Å². The van der Waals surface area contributed by atoms with Gasteiger partial charge >= 0.3 is 5.97 Å².